The minimum absolute atomic E-state index is 0.124. The fourth-order valence-corrected chi connectivity index (χ4v) is 4.59. The minimum atomic E-state index is -1.36. The number of rotatable bonds is 9. The van der Waals surface area contributed by atoms with Gasteiger partial charge in [0.05, 0.1) is 30.3 Å². The molecule has 1 aliphatic rings. The molecule has 4 rings (SSSR count). The van der Waals surface area contributed by atoms with E-state index in [1.54, 1.807) is 32.5 Å². The van der Waals surface area contributed by atoms with Crippen LogP contribution in [0.3, 0.4) is 0 Å². The molecule has 0 saturated carbocycles. The maximum absolute atomic E-state index is 11.9. The third-order valence-electron chi connectivity index (χ3n) is 6.24. The molecular formula is C24H28N4O7. The van der Waals surface area contributed by atoms with Crippen molar-refractivity contribution >= 4 is 11.4 Å². The van der Waals surface area contributed by atoms with Gasteiger partial charge in [-0.2, -0.15) is 0 Å². The zero-order chi connectivity index (χ0) is 25.2. The minimum Gasteiger partial charge on any atom is -0.495 e. The van der Waals surface area contributed by atoms with Crippen molar-refractivity contribution in [2.45, 2.75) is 37.5 Å². The average molecular weight is 485 g/mol. The van der Waals surface area contributed by atoms with Crippen LogP contribution < -0.4 is 14.4 Å². The van der Waals surface area contributed by atoms with Gasteiger partial charge in [0.25, 0.3) is 5.69 Å². The Morgan fingerprint density at radius 2 is 2.00 bits per heavy atom. The normalized spacial score (nSPS) is 21.3. The molecule has 186 valence electrons. The molecule has 1 aromatic heterocycles. The Morgan fingerprint density at radius 3 is 2.63 bits per heavy atom. The summed E-state index contributed by atoms with van der Waals surface area (Å²) in [5, 5.41) is 23.5. The summed E-state index contributed by atoms with van der Waals surface area (Å²) < 4.78 is 22.8. The van der Waals surface area contributed by atoms with Gasteiger partial charge in [-0.05, 0) is 25.1 Å². The van der Waals surface area contributed by atoms with Gasteiger partial charge in [0, 0.05) is 44.3 Å². The number of anilines is 1. The first-order valence-corrected chi connectivity index (χ1v) is 10.9. The van der Waals surface area contributed by atoms with Gasteiger partial charge in [0.1, 0.15) is 23.4 Å². The number of aromatic nitrogens is 2. The molecule has 0 bridgehead atoms. The van der Waals surface area contributed by atoms with Crippen molar-refractivity contribution < 1.29 is 29.0 Å². The van der Waals surface area contributed by atoms with Crippen LogP contribution >= 0.6 is 0 Å². The number of hydrogen-bond donors (Lipinski definition) is 2. The lowest BCUT2D eigenvalue weighted by atomic mass is 9.83. The molecule has 0 aliphatic carbocycles. The van der Waals surface area contributed by atoms with Crippen LogP contribution in [-0.4, -0.2) is 59.3 Å². The number of aliphatic hydroxyl groups excluding tert-OH is 1. The fraction of sp³-hybridized carbons (Fsp3) is 0.375. The number of aromatic amines is 1. The quantitative estimate of drug-likeness (QED) is 0.267. The van der Waals surface area contributed by atoms with Gasteiger partial charge in [-0.3, -0.25) is 10.1 Å². The predicted octanol–water partition coefficient (Wildman–Crippen LogP) is 3.21. The molecule has 35 heavy (non-hydrogen) atoms. The van der Waals surface area contributed by atoms with E-state index in [9.17, 15) is 15.2 Å². The lowest BCUT2D eigenvalue weighted by molar-refractivity contribution is -0.385. The summed E-state index contributed by atoms with van der Waals surface area (Å²) in [5.41, 5.74) is -0.391. The van der Waals surface area contributed by atoms with E-state index in [0.29, 0.717) is 28.6 Å². The second-order valence-electron chi connectivity index (χ2n) is 8.29. The summed E-state index contributed by atoms with van der Waals surface area (Å²) in [4.78, 5) is 20.5. The number of non-ortho nitro benzene ring substituents is 1. The third-order valence-corrected chi connectivity index (χ3v) is 6.24. The molecule has 3 aromatic rings. The Balaban J connectivity index is 1.95. The van der Waals surface area contributed by atoms with Crippen LogP contribution in [-0.2, 0) is 16.0 Å². The molecule has 0 amide bonds. The molecule has 0 radical (unpaired) electrons. The lowest BCUT2D eigenvalue weighted by Crippen LogP contribution is -2.62. The van der Waals surface area contributed by atoms with Gasteiger partial charge in [-0.15, -0.1) is 0 Å². The zero-order valence-corrected chi connectivity index (χ0v) is 19.9. The predicted molar refractivity (Wildman–Crippen MR) is 126 cm³/mol. The number of ether oxygens (including phenoxy) is 4. The van der Waals surface area contributed by atoms with Gasteiger partial charge in [0.2, 0.25) is 0 Å². The number of fused-ring (bicyclic) bond motifs is 1. The molecule has 0 saturated heterocycles. The summed E-state index contributed by atoms with van der Waals surface area (Å²) in [6.07, 6.45) is 1.14. The van der Waals surface area contributed by atoms with Crippen molar-refractivity contribution in [1.82, 2.24) is 9.97 Å². The van der Waals surface area contributed by atoms with E-state index in [1.807, 2.05) is 23.1 Å². The van der Waals surface area contributed by atoms with Gasteiger partial charge in [-0.1, -0.05) is 12.1 Å². The Hall–Kier alpha value is -3.67. The average Bonchev–Trinajstić information content (AvgIpc) is 3.37. The van der Waals surface area contributed by atoms with E-state index in [1.165, 1.54) is 32.4 Å². The number of nitro benzene ring substituents is 1. The summed E-state index contributed by atoms with van der Waals surface area (Å²) in [6, 6.07) is 10.8. The number of nitro groups is 1. The highest BCUT2D eigenvalue weighted by Crippen LogP contribution is 2.48. The monoisotopic (exact) mass is 484 g/mol. The Labute approximate surface area is 202 Å². The first-order chi connectivity index (χ1) is 16.8. The maximum Gasteiger partial charge on any atom is 0.270 e. The Morgan fingerprint density at radius 1 is 1.26 bits per heavy atom. The summed E-state index contributed by atoms with van der Waals surface area (Å²) in [7, 11) is 4.46. The highest BCUT2D eigenvalue weighted by molar-refractivity contribution is 5.62. The maximum atomic E-state index is 11.9. The van der Waals surface area contributed by atoms with Crippen molar-refractivity contribution in [2.24, 2.45) is 0 Å². The van der Waals surface area contributed by atoms with Crippen LogP contribution in [0.4, 0.5) is 11.4 Å². The molecule has 0 unspecified atom stereocenters. The molecule has 0 spiro atoms. The second kappa shape index (κ2) is 9.90. The smallest absolute Gasteiger partial charge is 0.270 e. The third kappa shape index (κ3) is 4.41. The molecule has 1 aliphatic heterocycles. The summed E-state index contributed by atoms with van der Waals surface area (Å²) in [6.45, 7) is 1.91. The van der Waals surface area contributed by atoms with Gasteiger partial charge >= 0.3 is 0 Å². The number of aliphatic hydroxyl groups is 1. The second-order valence-corrected chi connectivity index (χ2v) is 8.29. The SMILES string of the molecule is COc1ccccc1N(Cc1ncc[nH]1)[C@@H]1c2cc([N+](=O)[O-])ccc2O[C@](C)(C(OC)OC)[C@H]1O. The first kappa shape index (κ1) is 24.5. The molecule has 2 heterocycles. The van der Waals surface area contributed by atoms with E-state index in [0.717, 1.165) is 0 Å². The number of nitrogens with zero attached hydrogens (tertiary/aromatic N) is 3. The van der Waals surface area contributed by atoms with E-state index in [-0.39, 0.29) is 12.2 Å². The van der Waals surface area contributed by atoms with E-state index < -0.39 is 29.0 Å². The van der Waals surface area contributed by atoms with Crippen LogP contribution in [0.2, 0.25) is 0 Å². The van der Waals surface area contributed by atoms with Crippen molar-refractivity contribution in [3.05, 3.63) is 76.4 Å². The van der Waals surface area contributed by atoms with E-state index in [4.69, 9.17) is 18.9 Å². The number of nitrogens with one attached hydrogen (secondary N) is 1. The number of H-pyrrole nitrogens is 1. The Kier molecular flexibility index (Phi) is 6.92. The van der Waals surface area contributed by atoms with E-state index >= 15 is 0 Å². The molecule has 3 atom stereocenters. The van der Waals surface area contributed by atoms with Crippen LogP contribution in [0.25, 0.3) is 0 Å². The van der Waals surface area contributed by atoms with Crippen molar-refractivity contribution in [3.63, 3.8) is 0 Å². The lowest BCUT2D eigenvalue weighted by Gasteiger charge is -2.49. The summed E-state index contributed by atoms with van der Waals surface area (Å²) in [5.74, 6) is 1.55. The standard InChI is InChI=1S/C24H28N4O7/c1-24(23(33-3)34-4)22(29)21(16-13-15(28(30)31)9-10-18(16)35-24)27(14-20-25-11-12-26-20)17-7-5-6-8-19(17)32-2/h5-13,21-23,29H,14H2,1-4H3,(H,25,26)/t21-,22+,24+/m1/s1. The number of methoxy groups -OCH3 is 3. The van der Waals surface area contributed by atoms with Crippen LogP contribution in [0.15, 0.2) is 54.9 Å². The molecular weight excluding hydrogens is 456 g/mol. The van der Waals surface area contributed by atoms with Crippen LogP contribution in [0.5, 0.6) is 11.5 Å². The van der Waals surface area contributed by atoms with Crippen molar-refractivity contribution in [3.8, 4) is 11.5 Å². The van der Waals surface area contributed by atoms with Crippen LogP contribution in [0.1, 0.15) is 24.4 Å². The number of para-hydroxylation sites is 2. The molecule has 2 aromatic carbocycles. The Bertz CT molecular complexity index is 1170. The van der Waals surface area contributed by atoms with E-state index in [2.05, 4.69) is 9.97 Å². The van der Waals surface area contributed by atoms with Gasteiger partial charge in [0.15, 0.2) is 11.9 Å². The molecule has 11 nitrogen and oxygen atoms in total. The topological polar surface area (TPSA) is 132 Å². The fourth-order valence-electron chi connectivity index (χ4n) is 4.59. The van der Waals surface area contributed by atoms with Gasteiger partial charge < -0.3 is 33.9 Å². The van der Waals surface area contributed by atoms with Crippen molar-refractivity contribution in [2.75, 3.05) is 26.2 Å². The van der Waals surface area contributed by atoms with Crippen LogP contribution in [0, 0.1) is 10.1 Å². The van der Waals surface area contributed by atoms with Crippen molar-refractivity contribution in [1.29, 1.82) is 0 Å². The van der Waals surface area contributed by atoms with Gasteiger partial charge in [-0.25, -0.2) is 4.98 Å². The molecule has 11 heteroatoms. The molecule has 0 fully saturated rings. The highest BCUT2D eigenvalue weighted by atomic mass is 16.7. The molecule has 2 N–H and O–H groups in total. The first-order valence-electron chi connectivity index (χ1n) is 10.9. The number of hydrogen-bond acceptors (Lipinski definition) is 9. The number of benzene rings is 2. The zero-order valence-electron chi connectivity index (χ0n) is 19.9. The summed E-state index contributed by atoms with van der Waals surface area (Å²) >= 11 is 0. The largest absolute Gasteiger partial charge is 0.495 e. The number of imidazole rings is 1. The highest BCUT2D eigenvalue weighted by Gasteiger charge is 2.54.